The van der Waals surface area contributed by atoms with Gasteiger partial charge in [0.15, 0.2) is 0 Å². The third kappa shape index (κ3) is 4.82. The molecular weight excluding hydrogens is 456 g/mol. The molecule has 1 atom stereocenters. The van der Waals surface area contributed by atoms with Crippen molar-refractivity contribution >= 4 is 44.4 Å². The molecule has 178 valence electrons. The third-order valence-electron chi connectivity index (χ3n) is 5.71. The van der Waals surface area contributed by atoms with Crippen LogP contribution in [0, 0.1) is 0 Å². The summed E-state index contributed by atoms with van der Waals surface area (Å²) in [6.07, 6.45) is 5.45. The summed E-state index contributed by atoms with van der Waals surface area (Å²) in [4.78, 5) is 31.0. The zero-order valence-corrected chi connectivity index (χ0v) is 19.7. The molecule has 2 aromatic carbocycles. The molecule has 0 aliphatic carbocycles. The van der Waals surface area contributed by atoms with Crippen LogP contribution in [0.1, 0.15) is 18.6 Å². The molecule has 9 nitrogen and oxygen atoms in total. The molecule has 3 aromatic rings. The second-order valence-corrected chi connectivity index (χ2v) is 9.81. The smallest absolute Gasteiger partial charge is 0.257 e. The fourth-order valence-electron chi connectivity index (χ4n) is 4.08. The fraction of sp³-hybridized carbons (Fsp3) is 0.250. The molecule has 1 fully saturated rings. The van der Waals surface area contributed by atoms with E-state index in [0.29, 0.717) is 30.5 Å². The van der Waals surface area contributed by atoms with Gasteiger partial charge in [-0.2, -0.15) is 0 Å². The first-order valence-corrected chi connectivity index (χ1v) is 12.3. The van der Waals surface area contributed by atoms with E-state index in [1.807, 2.05) is 31.1 Å². The number of anilines is 1. The Morgan fingerprint density at radius 2 is 1.85 bits per heavy atom. The summed E-state index contributed by atoms with van der Waals surface area (Å²) < 4.78 is 31.3. The molecule has 1 saturated heterocycles. The van der Waals surface area contributed by atoms with Crippen molar-refractivity contribution < 1.29 is 22.4 Å². The molecule has 0 unspecified atom stereocenters. The minimum absolute atomic E-state index is 0.0507. The molecule has 2 N–H and O–H groups in total. The van der Waals surface area contributed by atoms with Crippen molar-refractivity contribution in [2.45, 2.75) is 23.8 Å². The van der Waals surface area contributed by atoms with Gasteiger partial charge in [-0.25, -0.2) is 8.42 Å². The van der Waals surface area contributed by atoms with Crippen LogP contribution in [0.5, 0.6) is 0 Å². The van der Waals surface area contributed by atoms with Gasteiger partial charge in [-0.3, -0.25) is 15.0 Å². The highest BCUT2D eigenvalue weighted by Gasteiger charge is 2.34. The number of likely N-dealkylation sites (tertiary alicyclic amines) is 1. The Morgan fingerprint density at radius 3 is 2.59 bits per heavy atom. The first-order valence-electron chi connectivity index (χ1n) is 10.8. The summed E-state index contributed by atoms with van der Waals surface area (Å²) in [5, 5.41) is 1.31. The molecule has 0 spiro atoms. The Labute approximate surface area is 198 Å². The van der Waals surface area contributed by atoms with E-state index in [1.54, 1.807) is 30.3 Å². The van der Waals surface area contributed by atoms with Crippen LogP contribution in [0.3, 0.4) is 0 Å². The summed E-state index contributed by atoms with van der Waals surface area (Å²) in [5.41, 5.74) is 3.17. The van der Waals surface area contributed by atoms with E-state index in [1.165, 1.54) is 29.4 Å². The number of carbonyl (C=O) groups excluding carboxylic acids is 2. The van der Waals surface area contributed by atoms with Crippen LogP contribution in [0.25, 0.3) is 16.8 Å². The highest BCUT2D eigenvalue weighted by atomic mass is 32.2. The molecule has 2 amide bonds. The number of nitrogens with one attached hydrogen (secondary N) is 2. The van der Waals surface area contributed by atoms with Gasteiger partial charge >= 0.3 is 0 Å². The average molecular weight is 483 g/mol. The molecule has 1 aromatic heterocycles. The Morgan fingerprint density at radius 1 is 1.09 bits per heavy atom. The summed E-state index contributed by atoms with van der Waals surface area (Å²) >= 11 is 0. The summed E-state index contributed by atoms with van der Waals surface area (Å²) in [6, 6.07) is 13.1. The van der Waals surface area contributed by atoms with Crippen LogP contribution >= 0.6 is 0 Å². The maximum absolute atomic E-state index is 13.1. The lowest BCUT2D eigenvalue weighted by molar-refractivity contribution is -0.135. The van der Waals surface area contributed by atoms with Gasteiger partial charge in [0, 0.05) is 43.2 Å². The van der Waals surface area contributed by atoms with Gasteiger partial charge in [-0.1, -0.05) is 24.3 Å². The molecule has 0 saturated carbocycles. The van der Waals surface area contributed by atoms with Gasteiger partial charge in [-0.05, 0) is 43.2 Å². The SMILES string of the molecule is CN(C)c1cccc2c(S(=O)(=O)NNC(=O)[C@@H]3CCCN3C(=O)/C=C/c3ccco3)cccc12. The number of sulfonamides is 1. The predicted molar refractivity (Wildman–Crippen MR) is 129 cm³/mol. The largest absolute Gasteiger partial charge is 0.465 e. The molecule has 34 heavy (non-hydrogen) atoms. The van der Waals surface area contributed by atoms with Crippen LogP contribution < -0.4 is 15.2 Å². The van der Waals surface area contributed by atoms with Crippen LogP contribution in [0.2, 0.25) is 0 Å². The molecular formula is C24H26N4O5S. The number of hydrazine groups is 1. The molecule has 0 radical (unpaired) electrons. The van der Waals surface area contributed by atoms with Crippen molar-refractivity contribution in [3.8, 4) is 0 Å². The first kappa shape index (κ1) is 23.5. The Balaban J connectivity index is 1.48. The first-order chi connectivity index (χ1) is 16.3. The zero-order valence-electron chi connectivity index (χ0n) is 18.9. The number of amides is 2. The van der Waals surface area contributed by atoms with Gasteiger partial charge in [0.25, 0.3) is 15.9 Å². The quantitative estimate of drug-likeness (QED) is 0.395. The topological polar surface area (TPSA) is 112 Å². The van der Waals surface area contributed by atoms with Crippen molar-refractivity contribution in [2.75, 3.05) is 25.5 Å². The van der Waals surface area contributed by atoms with Crippen LogP contribution in [-0.4, -0.2) is 51.8 Å². The number of furan rings is 1. The minimum atomic E-state index is -4.06. The van der Waals surface area contributed by atoms with E-state index in [4.69, 9.17) is 4.42 Å². The lowest BCUT2D eigenvalue weighted by Crippen LogP contribution is -2.51. The minimum Gasteiger partial charge on any atom is -0.465 e. The zero-order chi connectivity index (χ0) is 24.3. The van der Waals surface area contributed by atoms with E-state index in [2.05, 4.69) is 10.3 Å². The van der Waals surface area contributed by atoms with Gasteiger partial charge in [0.1, 0.15) is 11.8 Å². The molecule has 0 bridgehead atoms. The molecule has 4 rings (SSSR count). The van der Waals surface area contributed by atoms with Crippen molar-refractivity contribution in [3.63, 3.8) is 0 Å². The highest BCUT2D eigenvalue weighted by Crippen LogP contribution is 2.30. The highest BCUT2D eigenvalue weighted by molar-refractivity contribution is 7.89. The van der Waals surface area contributed by atoms with E-state index < -0.39 is 22.0 Å². The van der Waals surface area contributed by atoms with Crippen LogP contribution in [0.15, 0.2) is 70.2 Å². The van der Waals surface area contributed by atoms with Crippen molar-refractivity contribution in [3.05, 3.63) is 66.6 Å². The van der Waals surface area contributed by atoms with Gasteiger partial charge in [-0.15, -0.1) is 4.83 Å². The number of fused-ring (bicyclic) bond motifs is 1. The van der Waals surface area contributed by atoms with Crippen molar-refractivity contribution in [2.24, 2.45) is 0 Å². The number of benzene rings is 2. The maximum Gasteiger partial charge on any atom is 0.257 e. The normalized spacial score (nSPS) is 16.3. The van der Waals surface area contributed by atoms with E-state index in [9.17, 15) is 18.0 Å². The van der Waals surface area contributed by atoms with Crippen molar-refractivity contribution in [1.29, 1.82) is 0 Å². The van der Waals surface area contributed by atoms with E-state index >= 15 is 0 Å². The van der Waals surface area contributed by atoms with Crippen molar-refractivity contribution in [1.82, 2.24) is 15.2 Å². The lowest BCUT2D eigenvalue weighted by atomic mass is 10.1. The van der Waals surface area contributed by atoms with Gasteiger partial charge in [0.2, 0.25) is 5.91 Å². The summed E-state index contributed by atoms with van der Waals surface area (Å²) in [6.45, 7) is 0.406. The second kappa shape index (κ2) is 9.70. The Bertz CT molecular complexity index is 1330. The van der Waals surface area contributed by atoms with Gasteiger partial charge < -0.3 is 14.2 Å². The third-order valence-corrected chi connectivity index (χ3v) is 7.02. The molecule has 10 heteroatoms. The number of rotatable bonds is 7. The second-order valence-electron chi connectivity index (χ2n) is 8.16. The molecule has 2 heterocycles. The lowest BCUT2D eigenvalue weighted by Gasteiger charge is -2.23. The summed E-state index contributed by atoms with van der Waals surface area (Å²) in [5.74, 6) is -0.411. The standard InChI is InChI=1S/C24H26N4O5S/c1-27(2)20-10-3-9-19-18(20)8-4-12-22(19)34(31,32)26-25-24(30)21-11-5-15-28(21)23(29)14-13-17-7-6-16-33-17/h3-4,6-10,12-14,16,21,26H,5,11,15H2,1-2H3,(H,25,30)/b14-13+/t21-/m0/s1. The number of hydrogen-bond donors (Lipinski definition) is 2. The average Bonchev–Trinajstić information content (AvgIpc) is 3.52. The number of nitrogens with zero attached hydrogens (tertiary/aromatic N) is 2. The van der Waals surface area contributed by atoms with Crippen LogP contribution in [-0.2, 0) is 19.6 Å². The van der Waals surface area contributed by atoms with E-state index in [-0.39, 0.29) is 10.8 Å². The molecule has 1 aliphatic rings. The monoisotopic (exact) mass is 482 g/mol. The van der Waals surface area contributed by atoms with E-state index in [0.717, 1.165) is 11.1 Å². The molecule has 1 aliphatic heterocycles. The fourth-order valence-corrected chi connectivity index (χ4v) is 5.15. The number of hydrogen-bond acceptors (Lipinski definition) is 6. The predicted octanol–water partition coefficient (Wildman–Crippen LogP) is 2.51. The Kier molecular flexibility index (Phi) is 6.71. The van der Waals surface area contributed by atoms with Gasteiger partial charge in [0.05, 0.1) is 11.2 Å². The maximum atomic E-state index is 13.1. The Hall–Kier alpha value is -3.63. The summed E-state index contributed by atoms with van der Waals surface area (Å²) in [7, 11) is -0.298. The number of carbonyl (C=O) groups is 2. The van der Waals surface area contributed by atoms with Crippen LogP contribution in [0.4, 0.5) is 5.69 Å².